The van der Waals surface area contributed by atoms with E-state index < -0.39 is 0 Å². The van der Waals surface area contributed by atoms with E-state index in [-0.39, 0.29) is 0 Å². The van der Waals surface area contributed by atoms with E-state index in [1.54, 1.807) is 6.20 Å². The van der Waals surface area contributed by atoms with Crippen molar-refractivity contribution in [3.63, 3.8) is 0 Å². The minimum atomic E-state index is 0.419. The van der Waals surface area contributed by atoms with Crippen molar-refractivity contribution in [2.45, 2.75) is 19.5 Å². The van der Waals surface area contributed by atoms with Crippen molar-refractivity contribution in [1.29, 1.82) is 0 Å². The number of hydrogen-bond donors (Lipinski definition) is 1. The molecule has 1 rings (SSSR count). The molecule has 1 unspecified atom stereocenters. The molecule has 1 N–H and O–H groups in total. The maximum atomic E-state index is 5.39. The van der Waals surface area contributed by atoms with E-state index >= 15 is 0 Å². The molecular weight excluding hydrogens is 186 g/mol. The molecule has 0 aliphatic carbocycles. The molecule has 0 aliphatic heterocycles. The van der Waals surface area contributed by atoms with Gasteiger partial charge < -0.3 is 9.88 Å². The molecule has 0 aromatic carbocycles. The molecule has 0 amide bonds. The lowest BCUT2D eigenvalue weighted by atomic mass is 10.3. The van der Waals surface area contributed by atoms with E-state index in [0.717, 1.165) is 13.1 Å². The van der Waals surface area contributed by atoms with Crippen LogP contribution in [0.25, 0.3) is 0 Å². The van der Waals surface area contributed by atoms with Crippen molar-refractivity contribution in [2.24, 2.45) is 0 Å². The van der Waals surface area contributed by atoms with Gasteiger partial charge in [0.1, 0.15) is 0 Å². The second-order valence-corrected chi connectivity index (χ2v) is 3.18. The average Bonchev–Trinajstić information content (AvgIpc) is 2.57. The van der Waals surface area contributed by atoms with Crippen molar-refractivity contribution in [2.75, 3.05) is 6.54 Å². The normalized spacial score (nSPS) is 13.7. The summed E-state index contributed by atoms with van der Waals surface area (Å²) < 4.78 is 2.04. The van der Waals surface area contributed by atoms with E-state index in [4.69, 9.17) is 11.6 Å². The van der Waals surface area contributed by atoms with Crippen LogP contribution in [0.2, 0.25) is 0 Å². The molecule has 0 radical (unpaired) electrons. The summed E-state index contributed by atoms with van der Waals surface area (Å²) in [5, 5.41) is 3.30. The lowest BCUT2D eigenvalue weighted by Gasteiger charge is -2.12. The van der Waals surface area contributed by atoms with Crippen molar-refractivity contribution in [3.8, 4) is 0 Å². The fourth-order valence-electron chi connectivity index (χ4n) is 1.09. The highest BCUT2D eigenvalue weighted by Crippen LogP contribution is 1.91. The Morgan fingerprint density at radius 1 is 1.69 bits per heavy atom. The van der Waals surface area contributed by atoms with Crippen LogP contribution in [0.1, 0.15) is 6.92 Å². The first-order valence-corrected chi connectivity index (χ1v) is 4.71. The van der Waals surface area contributed by atoms with E-state index in [1.165, 1.54) is 5.54 Å². The molecule has 0 saturated heterocycles. The molecule has 0 aliphatic rings. The third-order valence-electron chi connectivity index (χ3n) is 1.72. The molecule has 72 valence electrons. The minimum Gasteiger partial charge on any atom is -0.336 e. The Hall–Kier alpha value is -0.800. The zero-order chi connectivity index (χ0) is 9.52. The third-order valence-corrected chi connectivity index (χ3v) is 1.90. The van der Waals surface area contributed by atoms with Crippen LogP contribution in [-0.2, 0) is 6.54 Å². The monoisotopic (exact) mass is 199 g/mol. The molecule has 1 heterocycles. The molecule has 1 aromatic rings. The standard InChI is InChI=1S/C9H14ClN3/c1-9(12-4-2-3-10)7-13-6-5-11-8-13/h2-3,5-6,8-9,12H,4,7H2,1H3/b3-2+. The van der Waals surface area contributed by atoms with Crippen LogP contribution in [0.4, 0.5) is 0 Å². The minimum absolute atomic E-state index is 0.419. The van der Waals surface area contributed by atoms with Crippen molar-refractivity contribution >= 4 is 11.6 Å². The van der Waals surface area contributed by atoms with Gasteiger partial charge in [-0.1, -0.05) is 17.7 Å². The fraction of sp³-hybridized carbons (Fsp3) is 0.444. The highest BCUT2D eigenvalue weighted by atomic mass is 35.5. The molecule has 1 aromatic heterocycles. The second kappa shape index (κ2) is 5.78. The molecule has 1 atom stereocenters. The van der Waals surface area contributed by atoms with Crippen molar-refractivity contribution < 1.29 is 0 Å². The zero-order valence-electron chi connectivity index (χ0n) is 7.65. The van der Waals surface area contributed by atoms with E-state index in [1.807, 2.05) is 23.2 Å². The number of aromatic nitrogens is 2. The van der Waals surface area contributed by atoms with Gasteiger partial charge in [0.15, 0.2) is 0 Å². The Morgan fingerprint density at radius 2 is 2.54 bits per heavy atom. The summed E-state index contributed by atoms with van der Waals surface area (Å²) in [5.74, 6) is 0. The summed E-state index contributed by atoms with van der Waals surface area (Å²) >= 11 is 5.39. The zero-order valence-corrected chi connectivity index (χ0v) is 8.41. The van der Waals surface area contributed by atoms with Gasteiger partial charge in [0.25, 0.3) is 0 Å². The first kappa shape index (κ1) is 10.3. The van der Waals surface area contributed by atoms with Crippen molar-refractivity contribution in [1.82, 2.24) is 14.9 Å². The summed E-state index contributed by atoms with van der Waals surface area (Å²) in [6.07, 6.45) is 7.43. The van der Waals surface area contributed by atoms with Gasteiger partial charge in [-0.2, -0.15) is 0 Å². The lowest BCUT2D eigenvalue weighted by Crippen LogP contribution is -2.30. The van der Waals surface area contributed by atoms with Gasteiger partial charge in [0.2, 0.25) is 0 Å². The van der Waals surface area contributed by atoms with Gasteiger partial charge in [-0.25, -0.2) is 4.98 Å². The van der Waals surface area contributed by atoms with Crippen molar-refractivity contribution in [3.05, 3.63) is 30.3 Å². The smallest absolute Gasteiger partial charge is 0.0946 e. The van der Waals surface area contributed by atoms with Gasteiger partial charge in [0.05, 0.1) is 6.33 Å². The molecule has 13 heavy (non-hydrogen) atoms. The molecule has 0 fully saturated rings. The van der Waals surface area contributed by atoms with Crippen LogP contribution >= 0.6 is 11.6 Å². The van der Waals surface area contributed by atoms with Gasteiger partial charge >= 0.3 is 0 Å². The molecule has 0 saturated carbocycles. The highest BCUT2D eigenvalue weighted by Gasteiger charge is 1.99. The van der Waals surface area contributed by atoms with Gasteiger partial charge in [-0.05, 0) is 6.92 Å². The summed E-state index contributed by atoms with van der Waals surface area (Å²) in [6, 6.07) is 0.419. The molecular formula is C9H14ClN3. The van der Waals surface area contributed by atoms with Crippen LogP contribution in [-0.4, -0.2) is 22.1 Å². The number of nitrogens with zero attached hydrogens (tertiary/aromatic N) is 2. The van der Waals surface area contributed by atoms with Gasteiger partial charge in [0, 0.05) is 37.1 Å². The number of imidazole rings is 1. The molecule has 3 nitrogen and oxygen atoms in total. The number of hydrogen-bond acceptors (Lipinski definition) is 2. The quantitative estimate of drug-likeness (QED) is 0.781. The van der Waals surface area contributed by atoms with Crippen LogP contribution in [0.5, 0.6) is 0 Å². The van der Waals surface area contributed by atoms with E-state index in [0.29, 0.717) is 6.04 Å². The fourth-order valence-corrected chi connectivity index (χ4v) is 1.18. The largest absolute Gasteiger partial charge is 0.336 e. The molecule has 4 heteroatoms. The van der Waals surface area contributed by atoms with Crippen LogP contribution in [0, 0.1) is 0 Å². The summed E-state index contributed by atoms with van der Waals surface area (Å²) in [6.45, 7) is 3.86. The Kier molecular flexibility index (Phi) is 4.57. The van der Waals surface area contributed by atoms with Crippen LogP contribution in [0.3, 0.4) is 0 Å². The topological polar surface area (TPSA) is 29.9 Å². The Labute approximate surface area is 83.4 Å². The number of halogens is 1. The Bertz CT molecular complexity index is 243. The Morgan fingerprint density at radius 3 is 3.15 bits per heavy atom. The second-order valence-electron chi connectivity index (χ2n) is 2.93. The van der Waals surface area contributed by atoms with E-state index in [2.05, 4.69) is 17.2 Å². The predicted molar refractivity (Wildman–Crippen MR) is 54.7 cm³/mol. The summed E-state index contributed by atoms with van der Waals surface area (Å²) in [7, 11) is 0. The molecule has 0 bridgehead atoms. The van der Waals surface area contributed by atoms with Crippen LogP contribution in [0.15, 0.2) is 30.3 Å². The predicted octanol–water partition coefficient (Wildman–Crippen LogP) is 1.61. The lowest BCUT2D eigenvalue weighted by molar-refractivity contribution is 0.498. The summed E-state index contributed by atoms with van der Waals surface area (Å²) in [4.78, 5) is 3.97. The van der Waals surface area contributed by atoms with Gasteiger partial charge in [-0.15, -0.1) is 0 Å². The third kappa shape index (κ3) is 4.10. The number of rotatable bonds is 5. The van der Waals surface area contributed by atoms with Gasteiger partial charge in [-0.3, -0.25) is 0 Å². The average molecular weight is 200 g/mol. The number of nitrogens with one attached hydrogen (secondary N) is 1. The highest BCUT2D eigenvalue weighted by molar-refractivity contribution is 6.25. The van der Waals surface area contributed by atoms with E-state index in [9.17, 15) is 0 Å². The van der Waals surface area contributed by atoms with Crippen LogP contribution < -0.4 is 5.32 Å². The maximum Gasteiger partial charge on any atom is 0.0946 e. The first-order chi connectivity index (χ1) is 6.33. The maximum absolute atomic E-state index is 5.39. The first-order valence-electron chi connectivity index (χ1n) is 4.27. The molecule has 0 spiro atoms. The summed E-state index contributed by atoms with van der Waals surface area (Å²) in [5.41, 5.74) is 1.52. The SMILES string of the molecule is CC(Cn1ccnc1)NC/C=C/Cl. The Balaban J connectivity index is 2.21.